The molecule has 2 rings (SSSR count). The molecule has 3 nitrogen and oxygen atoms in total. The molecular formula is C16H20FNO2S. The first-order chi connectivity index (χ1) is 9.77. The zero-order valence-electron chi connectivity index (χ0n) is 12.7. The van der Waals surface area contributed by atoms with Gasteiger partial charge in [-0.15, -0.1) is 11.3 Å². The third-order valence-corrected chi connectivity index (χ3v) is 3.93. The molecule has 2 aromatic rings. The maximum absolute atomic E-state index is 13.9. The molecule has 1 unspecified atom stereocenters. The molecule has 0 aliphatic heterocycles. The van der Waals surface area contributed by atoms with Crippen LogP contribution in [0.25, 0.3) is 0 Å². The van der Waals surface area contributed by atoms with Crippen LogP contribution in [0.1, 0.15) is 50.1 Å². The molecule has 0 aliphatic carbocycles. The third kappa shape index (κ3) is 4.02. The molecule has 0 spiro atoms. The van der Waals surface area contributed by atoms with Crippen LogP contribution in [-0.2, 0) is 12.0 Å². The Morgan fingerprint density at radius 1 is 1.38 bits per heavy atom. The van der Waals surface area contributed by atoms with E-state index in [1.807, 2.05) is 5.38 Å². The quantitative estimate of drug-likeness (QED) is 0.920. The normalized spacial score (nSPS) is 13.2. The zero-order chi connectivity index (χ0) is 15.6. The standard InChI is InChI=1S/C16H20FNO2S/c1-10(19)11-5-6-13(12(17)7-11)20-8-15-18-14(9-21-15)16(2,3)4/h5-7,9-10,19H,8H2,1-4H3. The average Bonchev–Trinajstić information content (AvgIpc) is 2.85. The van der Waals surface area contributed by atoms with E-state index in [1.54, 1.807) is 13.0 Å². The highest BCUT2D eigenvalue weighted by Crippen LogP contribution is 2.26. The van der Waals surface area contributed by atoms with Gasteiger partial charge in [0.05, 0.1) is 11.8 Å². The molecule has 1 aromatic heterocycles. The summed E-state index contributed by atoms with van der Waals surface area (Å²) >= 11 is 1.51. The average molecular weight is 309 g/mol. The van der Waals surface area contributed by atoms with Crippen LogP contribution in [0.2, 0.25) is 0 Å². The number of benzene rings is 1. The number of hydrogen-bond acceptors (Lipinski definition) is 4. The Balaban J connectivity index is 2.05. The molecule has 0 saturated carbocycles. The molecule has 21 heavy (non-hydrogen) atoms. The minimum absolute atomic E-state index is 0.00108. The van der Waals surface area contributed by atoms with Gasteiger partial charge >= 0.3 is 0 Å². The summed E-state index contributed by atoms with van der Waals surface area (Å²) in [6.45, 7) is 8.13. The van der Waals surface area contributed by atoms with Gasteiger partial charge in [0.1, 0.15) is 11.6 Å². The lowest BCUT2D eigenvalue weighted by atomic mass is 9.93. The zero-order valence-corrected chi connectivity index (χ0v) is 13.5. The molecule has 1 heterocycles. The van der Waals surface area contributed by atoms with Crippen LogP contribution in [0, 0.1) is 5.82 Å². The van der Waals surface area contributed by atoms with Crippen molar-refractivity contribution in [2.75, 3.05) is 0 Å². The van der Waals surface area contributed by atoms with E-state index < -0.39 is 11.9 Å². The summed E-state index contributed by atoms with van der Waals surface area (Å²) in [4.78, 5) is 4.50. The number of rotatable bonds is 4. The minimum atomic E-state index is -0.693. The summed E-state index contributed by atoms with van der Waals surface area (Å²) in [6, 6.07) is 4.49. The van der Waals surface area contributed by atoms with Crippen LogP contribution in [0.3, 0.4) is 0 Å². The van der Waals surface area contributed by atoms with E-state index in [-0.39, 0.29) is 17.8 Å². The Morgan fingerprint density at radius 2 is 2.10 bits per heavy atom. The molecule has 0 amide bonds. The summed E-state index contributed by atoms with van der Waals surface area (Å²) in [6.07, 6.45) is -0.693. The van der Waals surface area contributed by atoms with E-state index in [9.17, 15) is 9.50 Å². The Kier molecular flexibility index (Phi) is 4.64. The van der Waals surface area contributed by atoms with Gasteiger partial charge in [0, 0.05) is 10.8 Å². The van der Waals surface area contributed by atoms with Crippen molar-refractivity contribution in [2.24, 2.45) is 0 Å². The monoisotopic (exact) mass is 309 g/mol. The molecular weight excluding hydrogens is 289 g/mol. The highest BCUT2D eigenvalue weighted by Gasteiger charge is 2.17. The summed E-state index contributed by atoms with van der Waals surface area (Å²) in [5.74, 6) is -0.298. The predicted molar refractivity (Wildman–Crippen MR) is 82.2 cm³/mol. The van der Waals surface area contributed by atoms with Gasteiger partial charge in [-0.05, 0) is 24.6 Å². The first kappa shape index (κ1) is 15.9. The summed E-state index contributed by atoms with van der Waals surface area (Å²) in [5.41, 5.74) is 1.54. The summed E-state index contributed by atoms with van der Waals surface area (Å²) in [7, 11) is 0. The number of halogens is 1. The number of thiazole rings is 1. The summed E-state index contributed by atoms with van der Waals surface area (Å²) < 4.78 is 19.3. The fourth-order valence-corrected chi connectivity index (χ4v) is 2.69. The summed E-state index contributed by atoms with van der Waals surface area (Å²) in [5, 5.41) is 12.2. The minimum Gasteiger partial charge on any atom is -0.483 e. The third-order valence-electron chi connectivity index (χ3n) is 3.11. The van der Waals surface area contributed by atoms with Crippen LogP contribution in [0.4, 0.5) is 4.39 Å². The van der Waals surface area contributed by atoms with E-state index in [2.05, 4.69) is 25.8 Å². The number of aliphatic hydroxyl groups excluding tert-OH is 1. The molecule has 1 N–H and O–H groups in total. The second kappa shape index (κ2) is 6.12. The van der Waals surface area contributed by atoms with Gasteiger partial charge in [-0.2, -0.15) is 0 Å². The van der Waals surface area contributed by atoms with E-state index >= 15 is 0 Å². The fraction of sp³-hybridized carbons (Fsp3) is 0.438. The number of nitrogens with zero attached hydrogens (tertiary/aromatic N) is 1. The van der Waals surface area contributed by atoms with Crippen molar-refractivity contribution < 1.29 is 14.2 Å². The molecule has 1 aromatic carbocycles. The predicted octanol–water partition coefficient (Wildman–Crippen LogP) is 4.21. The van der Waals surface area contributed by atoms with Crippen LogP contribution in [0.5, 0.6) is 5.75 Å². The first-order valence-electron chi connectivity index (χ1n) is 6.82. The van der Waals surface area contributed by atoms with E-state index in [0.717, 1.165) is 10.7 Å². The molecule has 0 fully saturated rings. The van der Waals surface area contributed by atoms with Gasteiger partial charge in [0.15, 0.2) is 11.6 Å². The number of aromatic nitrogens is 1. The Morgan fingerprint density at radius 3 is 2.62 bits per heavy atom. The van der Waals surface area contributed by atoms with Gasteiger partial charge in [0.2, 0.25) is 0 Å². The van der Waals surface area contributed by atoms with Crippen LogP contribution in [0.15, 0.2) is 23.6 Å². The SMILES string of the molecule is CC(O)c1ccc(OCc2nc(C(C)(C)C)cs2)c(F)c1. The van der Waals surface area contributed by atoms with Crippen molar-refractivity contribution in [3.05, 3.63) is 45.7 Å². The Labute approximate surface area is 128 Å². The van der Waals surface area contributed by atoms with E-state index in [1.165, 1.54) is 23.5 Å². The number of ether oxygens (including phenoxy) is 1. The number of hydrogen-bond donors (Lipinski definition) is 1. The maximum atomic E-state index is 13.9. The van der Waals surface area contributed by atoms with Gasteiger partial charge in [0.25, 0.3) is 0 Å². The second-order valence-electron chi connectivity index (χ2n) is 6.03. The molecule has 0 aliphatic rings. The Hall–Kier alpha value is -1.46. The highest BCUT2D eigenvalue weighted by molar-refractivity contribution is 7.09. The maximum Gasteiger partial charge on any atom is 0.165 e. The van der Waals surface area contributed by atoms with Crippen molar-refractivity contribution in [3.8, 4) is 5.75 Å². The van der Waals surface area contributed by atoms with Crippen LogP contribution < -0.4 is 4.74 Å². The van der Waals surface area contributed by atoms with Gasteiger partial charge in [-0.1, -0.05) is 26.8 Å². The lowest BCUT2D eigenvalue weighted by Gasteiger charge is -2.14. The molecule has 1 atom stereocenters. The van der Waals surface area contributed by atoms with E-state index in [0.29, 0.717) is 5.56 Å². The largest absolute Gasteiger partial charge is 0.483 e. The van der Waals surface area contributed by atoms with Crippen LogP contribution in [-0.4, -0.2) is 10.1 Å². The number of aliphatic hydroxyl groups is 1. The topological polar surface area (TPSA) is 42.4 Å². The van der Waals surface area contributed by atoms with Crippen molar-refractivity contribution in [2.45, 2.75) is 45.8 Å². The van der Waals surface area contributed by atoms with Gasteiger partial charge in [-0.3, -0.25) is 0 Å². The lowest BCUT2D eigenvalue weighted by Crippen LogP contribution is -2.11. The van der Waals surface area contributed by atoms with Crippen LogP contribution >= 0.6 is 11.3 Å². The molecule has 0 bridgehead atoms. The van der Waals surface area contributed by atoms with Crippen molar-refractivity contribution in [1.29, 1.82) is 0 Å². The molecule has 0 radical (unpaired) electrons. The molecule has 0 saturated heterocycles. The van der Waals surface area contributed by atoms with Crippen molar-refractivity contribution >= 4 is 11.3 Å². The lowest BCUT2D eigenvalue weighted by molar-refractivity contribution is 0.198. The smallest absolute Gasteiger partial charge is 0.165 e. The molecule has 114 valence electrons. The van der Waals surface area contributed by atoms with Crippen molar-refractivity contribution in [1.82, 2.24) is 4.98 Å². The fourth-order valence-electron chi connectivity index (χ4n) is 1.76. The highest BCUT2D eigenvalue weighted by atomic mass is 32.1. The second-order valence-corrected chi connectivity index (χ2v) is 6.97. The van der Waals surface area contributed by atoms with Crippen molar-refractivity contribution in [3.63, 3.8) is 0 Å². The first-order valence-corrected chi connectivity index (χ1v) is 7.70. The van der Waals surface area contributed by atoms with Gasteiger partial charge in [-0.25, -0.2) is 9.37 Å². The Bertz CT molecular complexity index is 617. The van der Waals surface area contributed by atoms with Gasteiger partial charge < -0.3 is 9.84 Å². The van der Waals surface area contributed by atoms with E-state index in [4.69, 9.17) is 4.74 Å². The molecule has 5 heteroatoms.